The number of carbonyl (C=O) groups excluding carboxylic acids is 3. The van der Waals surface area contributed by atoms with Crippen molar-refractivity contribution in [3.63, 3.8) is 0 Å². The van der Waals surface area contributed by atoms with Crippen molar-refractivity contribution >= 4 is 23.4 Å². The van der Waals surface area contributed by atoms with E-state index in [9.17, 15) is 24.6 Å². The Hall–Kier alpha value is -4.89. The third-order valence-electron chi connectivity index (χ3n) is 13.1. The van der Waals surface area contributed by atoms with Crippen molar-refractivity contribution in [2.24, 2.45) is 27.6 Å². The number of furan rings is 1. The zero-order chi connectivity index (χ0) is 37.4. The predicted molar refractivity (Wildman–Crippen MR) is 194 cm³/mol. The van der Waals surface area contributed by atoms with E-state index in [4.69, 9.17) is 18.6 Å². The fraction of sp³-hybridized carbons (Fsp3) is 0.419. The molecule has 0 amide bonds. The number of hydrogen-bond donors (Lipinski definition) is 2. The number of fused-ring (bicyclic) bond motifs is 3. The van der Waals surface area contributed by atoms with Gasteiger partial charge in [-0.25, -0.2) is 0 Å². The Bertz CT molecular complexity index is 2040. The maximum atomic E-state index is 14.0. The largest absolute Gasteiger partial charge is 0.507 e. The maximum absolute atomic E-state index is 14.0. The summed E-state index contributed by atoms with van der Waals surface area (Å²) in [7, 11) is 2.91. The van der Waals surface area contributed by atoms with Gasteiger partial charge >= 0.3 is 0 Å². The highest BCUT2D eigenvalue weighted by Gasteiger charge is 2.87. The molecule has 2 saturated carbocycles. The summed E-state index contributed by atoms with van der Waals surface area (Å²) in [5, 5.41) is 21.3. The lowest BCUT2D eigenvalue weighted by atomic mass is 9.39. The van der Waals surface area contributed by atoms with Crippen LogP contribution in [0.25, 0.3) is 6.08 Å². The number of aromatic hydroxyl groups is 1. The lowest BCUT2D eigenvalue weighted by Gasteiger charge is -2.62. The van der Waals surface area contributed by atoms with E-state index in [1.165, 1.54) is 31.9 Å². The molecule has 1 saturated heterocycles. The Balaban J connectivity index is 0.000000176. The summed E-state index contributed by atoms with van der Waals surface area (Å²) < 4.78 is 22.1. The monoisotopic (exact) mass is 706 g/mol. The van der Waals surface area contributed by atoms with E-state index < -0.39 is 21.8 Å². The van der Waals surface area contributed by atoms with Gasteiger partial charge in [-0.3, -0.25) is 14.4 Å². The summed E-state index contributed by atoms with van der Waals surface area (Å²) in [5.41, 5.74) is -0.383. The number of ether oxygens (including phenoxy) is 3. The van der Waals surface area contributed by atoms with Crippen molar-refractivity contribution in [3.05, 3.63) is 107 Å². The first kappa shape index (κ1) is 35.5. The fourth-order valence-electron chi connectivity index (χ4n) is 10.7. The second kappa shape index (κ2) is 12.1. The van der Waals surface area contributed by atoms with Crippen LogP contribution in [-0.2, 0) is 14.3 Å². The average Bonchev–Trinajstić information content (AvgIpc) is 3.48. The van der Waals surface area contributed by atoms with E-state index in [2.05, 4.69) is 13.8 Å². The van der Waals surface area contributed by atoms with Gasteiger partial charge in [0.1, 0.15) is 28.4 Å². The number of aliphatic hydroxyl groups excluding tert-OH is 1. The molecule has 3 aromatic rings. The quantitative estimate of drug-likeness (QED) is 0.148. The summed E-state index contributed by atoms with van der Waals surface area (Å²) in [5.74, 6) is -0.125. The van der Waals surface area contributed by atoms with Crippen molar-refractivity contribution in [2.45, 2.75) is 71.5 Å². The minimum Gasteiger partial charge on any atom is -0.507 e. The minimum atomic E-state index is -0.901. The van der Waals surface area contributed by atoms with E-state index in [1.807, 2.05) is 69.5 Å². The lowest BCUT2D eigenvalue weighted by Crippen LogP contribution is -2.66. The summed E-state index contributed by atoms with van der Waals surface area (Å²) >= 11 is 0. The van der Waals surface area contributed by atoms with E-state index in [0.717, 1.165) is 24.8 Å². The molecule has 1 aromatic heterocycles. The number of benzene rings is 2. The van der Waals surface area contributed by atoms with Crippen LogP contribution in [0.15, 0.2) is 95.0 Å². The number of carbonyl (C=O) groups is 3. The van der Waals surface area contributed by atoms with Crippen molar-refractivity contribution in [2.75, 3.05) is 14.2 Å². The Morgan fingerprint density at radius 3 is 2.37 bits per heavy atom. The van der Waals surface area contributed by atoms with Crippen molar-refractivity contribution in [3.8, 4) is 17.2 Å². The number of phenols is 1. The van der Waals surface area contributed by atoms with Crippen LogP contribution >= 0.6 is 0 Å². The number of rotatable bonds is 6. The molecule has 2 aromatic carbocycles. The van der Waals surface area contributed by atoms with Gasteiger partial charge in [-0.15, -0.1) is 0 Å². The highest BCUT2D eigenvalue weighted by molar-refractivity contribution is 6.10. The van der Waals surface area contributed by atoms with Crippen molar-refractivity contribution in [1.29, 1.82) is 0 Å². The minimum absolute atomic E-state index is 0.00527. The van der Waals surface area contributed by atoms with Crippen molar-refractivity contribution < 1.29 is 43.2 Å². The fourth-order valence-corrected chi connectivity index (χ4v) is 10.7. The Morgan fingerprint density at radius 2 is 1.71 bits per heavy atom. The summed E-state index contributed by atoms with van der Waals surface area (Å²) in [4.78, 5) is 39.0. The smallest absolute Gasteiger partial charge is 0.206 e. The zero-order valence-corrected chi connectivity index (χ0v) is 30.7. The van der Waals surface area contributed by atoms with Gasteiger partial charge in [0.15, 0.2) is 17.3 Å². The first-order chi connectivity index (χ1) is 24.6. The van der Waals surface area contributed by atoms with E-state index in [0.29, 0.717) is 11.3 Å². The molecule has 7 unspecified atom stereocenters. The van der Waals surface area contributed by atoms with Gasteiger partial charge in [-0.1, -0.05) is 56.3 Å². The highest BCUT2D eigenvalue weighted by atomic mass is 16.6. The number of allylic oxidation sites excluding steroid dienone is 5. The van der Waals surface area contributed by atoms with Crippen LogP contribution in [0.1, 0.15) is 81.3 Å². The zero-order valence-electron chi connectivity index (χ0n) is 30.7. The highest BCUT2D eigenvalue weighted by Crippen LogP contribution is 2.81. The van der Waals surface area contributed by atoms with Gasteiger partial charge in [-0.2, -0.15) is 0 Å². The molecule has 3 fully saturated rings. The van der Waals surface area contributed by atoms with Gasteiger partial charge < -0.3 is 28.8 Å². The molecule has 4 aliphatic carbocycles. The van der Waals surface area contributed by atoms with Gasteiger partial charge in [0.25, 0.3) is 0 Å². The average molecular weight is 707 g/mol. The third-order valence-corrected chi connectivity index (χ3v) is 13.1. The summed E-state index contributed by atoms with van der Waals surface area (Å²) in [6.45, 7) is 10.0. The number of hydrogen-bond acceptors (Lipinski definition) is 9. The van der Waals surface area contributed by atoms with Crippen LogP contribution in [0.5, 0.6) is 17.2 Å². The Morgan fingerprint density at radius 1 is 0.981 bits per heavy atom. The predicted octanol–water partition coefficient (Wildman–Crippen LogP) is 8.20. The molecule has 9 heteroatoms. The number of ketones is 3. The molecule has 0 bridgehead atoms. The topological polar surface area (TPSA) is 136 Å². The molecule has 9 nitrogen and oxygen atoms in total. The number of epoxide rings is 1. The number of methoxy groups -OCH3 is 2. The summed E-state index contributed by atoms with van der Waals surface area (Å²) in [6.07, 6.45) is 12.8. The molecule has 52 heavy (non-hydrogen) atoms. The second-order valence-corrected chi connectivity index (χ2v) is 15.9. The van der Waals surface area contributed by atoms with Gasteiger partial charge in [0.05, 0.1) is 43.7 Å². The van der Waals surface area contributed by atoms with Crippen LogP contribution in [0, 0.1) is 27.6 Å². The standard InChI is InChI=1S/C26H30O5.C17H16O4/c1-22(2)17(27)7-9-23(3)16-6-10-24(4)15(14-8-11-30-13-14)12-18-26(24,31-18)25(16,5)21(29)19(28)20(22)23;1-20-13-10-15(19)17(16(11-13)21-2)14(18)9-8-12-6-4-3-5-7-12/h7-9,11,13,15-16,18,28H,6,10,12H2,1-5H3;3-11,19H,1-2H3. The third kappa shape index (κ3) is 4.74. The van der Waals surface area contributed by atoms with Gasteiger partial charge in [-0.05, 0) is 86.8 Å². The molecule has 2 heterocycles. The molecule has 272 valence electrons. The van der Waals surface area contributed by atoms with E-state index in [-0.39, 0.29) is 63.5 Å². The molecule has 2 N–H and O–H groups in total. The number of Topliss-reactive ketones (excluding diaryl/α,β-unsaturated/α-hetero) is 1. The SMILES string of the molecule is CC1(C)C(=O)C=CC2(C)C1=C(O)C(=O)C1(C)C2CCC2(C)C(c3ccoc3)CC3OC321.COc1cc(O)c(C(=O)C=Cc2ccccc2)c(OC)c1. The van der Waals surface area contributed by atoms with Crippen LogP contribution in [0.4, 0.5) is 0 Å². The van der Waals surface area contributed by atoms with Crippen LogP contribution in [0.3, 0.4) is 0 Å². The van der Waals surface area contributed by atoms with Crippen molar-refractivity contribution in [1.82, 2.24) is 0 Å². The molecule has 1 aliphatic heterocycles. The van der Waals surface area contributed by atoms with Gasteiger partial charge in [0.2, 0.25) is 5.78 Å². The molecule has 7 atom stereocenters. The normalized spacial score (nSPS) is 33.7. The molecular weight excluding hydrogens is 660 g/mol. The molecule has 1 spiro atoms. The van der Waals surface area contributed by atoms with Crippen LogP contribution in [-0.4, -0.2) is 53.5 Å². The first-order valence-electron chi connectivity index (χ1n) is 17.8. The first-order valence-corrected chi connectivity index (χ1v) is 17.8. The van der Waals surface area contributed by atoms with E-state index in [1.54, 1.807) is 24.5 Å². The molecule has 0 radical (unpaired) electrons. The van der Waals surface area contributed by atoms with E-state index >= 15 is 0 Å². The maximum Gasteiger partial charge on any atom is 0.206 e. The molecule has 8 rings (SSSR count). The number of phenolic OH excluding ortho intramolecular Hbond substituents is 1. The molecular formula is C43H46O9. The van der Waals surface area contributed by atoms with Crippen LogP contribution < -0.4 is 9.47 Å². The van der Waals surface area contributed by atoms with Crippen LogP contribution in [0.2, 0.25) is 0 Å². The Labute approximate surface area is 304 Å². The van der Waals surface area contributed by atoms with Gasteiger partial charge in [0, 0.05) is 23.0 Å². The summed E-state index contributed by atoms with van der Waals surface area (Å²) in [6, 6.07) is 14.4. The Kier molecular flexibility index (Phi) is 8.25. The number of aliphatic hydroxyl groups is 1. The second-order valence-electron chi connectivity index (χ2n) is 15.9. The lowest BCUT2D eigenvalue weighted by molar-refractivity contribution is -0.162. The molecule has 5 aliphatic rings.